The molecule has 0 atom stereocenters. The van der Waals surface area contributed by atoms with Gasteiger partial charge < -0.3 is 10.6 Å². The van der Waals surface area contributed by atoms with Crippen molar-refractivity contribution in [1.29, 1.82) is 0 Å². The van der Waals surface area contributed by atoms with Gasteiger partial charge in [0.05, 0.1) is 5.52 Å². The molecule has 2 heterocycles. The lowest BCUT2D eigenvalue weighted by Crippen LogP contribution is -2.17. The number of hydrogen-bond acceptors (Lipinski definition) is 3. The van der Waals surface area contributed by atoms with Gasteiger partial charge in [0.1, 0.15) is 5.82 Å². The molecule has 0 fully saturated rings. The normalized spacial score (nSPS) is 13.7. The molecule has 1 aromatic heterocycles. The van der Waals surface area contributed by atoms with Crippen molar-refractivity contribution in [1.82, 2.24) is 4.98 Å². The van der Waals surface area contributed by atoms with E-state index in [-0.39, 0.29) is 0 Å². The topological polar surface area (TPSA) is 42.2 Å². The van der Waals surface area contributed by atoms with E-state index in [1.807, 2.05) is 12.1 Å². The fourth-order valence-electron chi connectivity index (χ4n) is 3.10. The largest absolute Gasteiger partial charge is 0.399 e. The van der Waals surface area contributed by atoms with Crippen LogP contribution >= 0.6 is 0 Å². The van der Waals surface area contributed by atoms with Gasteiger partial charge in [0, 0.05) is 24.2 Å². The molecule has 3 nitrogen and oxygen atoms in total. The van der Waals surface area contributed by atoms with Crippen molar-refractivity contribution >= 4 is 22.4 Å². The number of fused-ring (bicyclic) bond motifs is 2. The van der Waals surface area contributed by atoms with Crippen molar-refractivity contribution in [2.75, 3.05) is 10.6 Å². The standard InChI is InChI=1S/C18H17N3/c1-12-8-13-4-2-3-5-17(13)20-18(12)21-10-14-6-7-16(19)9-15(14)11-21/h2-9H,10-11,19H2,1H3. The Bertz CT molecular complexity index is 839. The third-order valence-electron chi connectivity index (χ3n) is 4.14. The fraction of sp³-hybridized carbons (Fsp3) is 0.167. The summed E-state index contributed by atoms with van der Waals surface area (Å²) >= 11 is 0. The third-order valence-corrected chi connectivity index (χ3v) is 4.14. The maximum absolute atomic E-state index is 5.89. The van der Waals surface area contributed by atoms with Crippen molar-refractivity contribution in [2.45, 2.75) is 20.0 Å². The number of benzene rings is 2. The molecule has 0 unspecified atom stereocenters. The van der Waals surface area contributed by atoms with E-state index in [2.05, 4.69) is 48.2 Å². The van der Waals surface area contributed by atoms with Crippen molar-refractivity contribution in [3.05, 3.63) is 65.2 Å². The van der Waals surface area contributed by atoms with Crippen LogP contribution in [0.2, 0.25) is 0 Å². The van der Waals surface area contributed by atoms with Gasteiger partial charge in [-0.25, -0.2) is 4.98 Å². The predicted molar refractivity (Wildman–Crippen MR) is 87.2 cm³/mol. The number of rotatable bonds is 1. The number of pyridine rings is 1. The summed E-state index contributed by atoms with van der Waals surface area (Å²) in [4.78, 5) is 7.18. The smallest absolute Gasteiger partial charge is 0.132 e. The first-order chi connectivity index (χ1) is 10.2. The highest BCUT2D eigenvalue weighted by Gasteiger charge is 2.21. The third kappa shape index (κ3) is 2.02. The molecule has 0 spiro atoms. The summed E-state index contributed by atoms with van der Waals surface area (Å²) in [5.41, 5.74) is 11.6. The van der Waals surface area contributed by atoms with Crippen molar-refractivity contribution in [2.24, 2.45) is 0 Å². The van der Waals surface area contributed by atoms with E-state index in [9.17, 15) is 0 Å². The van der Waals surface area contributed by atoms with Crippen LogP contribution in [0.1, 0.15) is 16.7 Å². The molecule has 4 rings (SSSR count). The summed E-state index contributed by atoms with van der Waals surface area (Å²) in [6, 6.07) is 16.7. The minimum Gasteiger partial charge on any atom is -0.399 e. The summed E-state index contributed by atoms with van der Waals surface area (Å²) in [6.45, 7) is 3.92. The Morgan fingerprint density at radius 3 is 2.71 bits per heavy atom. The molecule has 3 heteroatoms. The second-order valence-corrected chi connectivity index (χ2v) is 5.71. The Labute approximate surface area is 124 Å². The van der Waals surface area contributed by atoms with E-state index >= 15 is 0 Å². The monoisotopic (exact) mass is 275 g/mol. The first kappa shape index (κ1) is 12.2. The molecular weight excluding hydrogens is 258 g/mol. The zero-order chi connectivity index (χ0) is 14.4. The predicted octanol–water partition coefficient (Wildman–Crippen LogP) is 3.65. The number of anilines is 2. The van der Waals surface area contributed by atoms with Gasteiger partial charge in [0.15, 0.2) is 0 Å². The van der Waals surface area contributed by atoms with E-state index in [4.69, 9.17) is 10.7 Å². The number of nitrogens with zero attached hydrogens (tertiary/aromatic N) is 2. The molecule has 2 aromatic carbocycles. The minimum atomic E-state index is 0.832. The SMILES string of the molecule is Cc1cc2ccccc2nc1N1Cc2ccc(N)cc2C1. The number of aromatic nitrogens is 1. The number of para-hydroxylation sites is 1. The van der Waals surface area contributed by atoms with Gasteiger partial charge in [-0.15, -0.1) is 0 Å². The Morgan fingerprint density at radius 1 is 1.00 bits per heavy atom. The zero-order valence-electron chi connectivity index (χ0n) is 12.0. The lowest BCUT2D eigenvalue weighted by Gasteiger charge is -2.19. The van der Waals surface area contributed by atoms with Crippen LogP contribution < -0.4 is 10.6 Å². The highest BCUT2D eigenvalue weighted by molar-refractivity contribution is 5.81. The highest BCUT2D eigenvalue weighted by atomic mass is 15.2. The van der Waals surface area contributed by atoms with Crippen molar-refractivity contribution < 1.29 is 0 Å². The van der Waals surface area contributed by atoms with E-state index in [1.165, 1.54) is 22.1 Å². The van der Waals surface area contributed by atoms with E-state index in [0.29, 0.717) is 0 Å². The summed E-state index contributed by atoms with van der Waals surface area (Å²) in [5.74, 6) is 1.07. The average Bonchev–Trinajstić information content (AvgIpc) is 2.89. The molecule has 0 saturated heterocycles. The summed E-state index contributed by atoms with van der Waals surface area (Å²) < 4.78 is 0. The van der Waals surface area contributed by atoms with Gasteiger partial charge in [-0.3, -0.25) is 0 Å². The van der Waals surface area contributed by atoms with E-state index in [1.54, 1.807) is 0 Å². The Hall–Kier alpha value is -2.55. The van der Waals surface area contributed by atoms with E-state index < -0.39 is 0 Å². The second kappa shape index (κ2) is 4.48. The molecule has 1 aliphatic heterocycles. The van der Waals surface area contributed by atoms with Gasteiger partial charge in [-0.1, -0.05) is 24.3 Å². The van der Waals surface area contributed by atoms with Crippen LogP contribution in [0.25, 0.3) is 10.9 Å². The molecule has 0 saturated carbocycles. The number of hydrogen-bond donors (Lipinski definition) is 1. The Kier molecular flexibility index (Phi) is 2.61. The summed E-state index contributed by atoms with van der Waals surface area (Å²) in [5, 5.41) is 1.19. The Morgan fingerprint density at radius 2 is 1.81 bits per heavy atom. The number of aryl methyl sites for hydroxylation is 1. The van der Waals surface area contributed by atoms with Crippen LogP contribution in [0.15, 0.2) is 48.5 Å². The molecule has 3 aromatic rings. The molecular formula is C18H17N3. The van der Waals surface area contributed by atoms with Crippen molar-refractivity contribution in [3.63, 3.8) is 0 Å². The molecule has 0 bridgehead atoms. The minimum absolute atomic E-state index is 0.832. The first-order valence-electron chi connectivity index (χ1n) is 7.19. The lowest BCUT2D eigenvalue weighted by molar-refractivity contribution is 0.855. The molecule has 2 N–H and O–H groups in total. The number of nitrogens with two attached hydrogens (primary N) is 1. The fourth-order valence-corrected chi connectivity index (χ4v) is 3.10. The van der Waals surface area contributed by atoms with Crippen molar-refractivity contribution in [3.8, 4) is 0 Å². The van der Waals surface area contributed by atoms with Crippen LogP contribution in [0.5, 0.6) is 0 Å². The molecule has 104 valence electrons. The van der Waals surface area contributed by atoms with Crippen LogP contribution in [0.4, 0.5) is 11.5 Å². The van der Waals surface area contributed by atoms with Gasteiger partial charge >= 0.3 is 0 Å². The molecule has 0 amide bonds. The molecule has 0 aliphatic carbocycles. The summed E-state index contributed by atoms with van der Waals surface area (Å²) in [6.07, 6.45) is 0. The Balaban J connectivity index is 1.77. The maximum Gasteiger partial charge on any atom is 0.132 e. The van der Waals surface area contributed by atoms with E-state index in [0.717, 1.165) is 30.1 Å². The highest BCUT2D eigenvalue weighted by Crippen LogP contribution is 2.31. The number of nitrogen functional groups attached to an aromatic ring is 1. The maximum atomic E-state index is 5.89. The first-order valence-corrected chi connectivity index (χ1v) is 7.19. The van der Waals surface area contributed by atoms with Crippen LogP contribution in [0.3, 0.4) is 0 Å². The van der Waals surface area contributed by atoms with Gasteiger partial charge in [0.25, 0.3) is 0 Å². The molecule has 0 radical (unpaired) electrons. The van der Waals surface area contributed by atoms with Gasteiger partial charge in [-0.05, 0) is 47.9 Å². The van der Waals surface area contributed by atoms with Gasteiger partial charge in [0.2, 0.25) is 0 Å². The molecule has 1 aliphatic rings. The van der Waals surface area contributed by atoms with Crippen LogP contribution in [0, 0.1) is 6.92 Å². The van der Waals surface area contributed by atoms with Crippen LogP contribution in [-0.4, -0.2) is 4.98 Å². The lowest BCUT2D eigenvalue weighted by atomic mass is 10.1. The zero-order valence-corrected chi connectivity index (χ0v) is 12.0. The second-order valence-electron chi connectivity index (χ2n) is 5.71. The molecule has 21 heavy (non-hydrogen) atoms. The summed E-state index contributed by atoms with van der Waals surface area (Å²) in [7, 11) is 0. The van der Waals surface area contributed by atoms with Gasteiger partial charge in [-0.2, -0.15) is 0 Å². The quantitative estimate of drug-likeness (QED) is 0.689. The average molecular weight is 275 g/mol. The van der Waals surface area contributed by atoms with Crippen LogP contribution in [-0.2, 0) is 13.1 Å².